The van der Waals surface area contributed by atoms with E-state index in [4.69, 9.17) is 4.74 Å². The summed E-state index contributed by atoms with van der Waals surface area (Å²) in [6.07, 6.45) is -6.68. The van der Waals surface area contributed by atoms with Gasteiger partial charge in [-0.05, 0) is 37.7 Å². The van der Waals surface area contributed by atoms with Gasteiger partial charge in [0.1, 0.15) is 11.9 Å². The van der Waals surface area contributed by atoms with E-state index in [0.29, 0.717) is 25.4 Å². The number of nitrogens with one attached hydrogen (secondary N) is 1. The molecular weight excluding hydrogens is 487 g/mol. The number of benzene rings is 2. The minimum atomic E-state index is -4.44. The van der Waals surface area contributed by atoms with Crippen LogP contribution in [0.3, 0.4) is 0 Å². The van der Waals surface area contributed by atoms with Crippen molar-refractivity contribution in [3.63, 3.8) is 0 Å². The van der Waals surface area contributed by atoms with Gasteiger partial charge in [0.25, 0.3) is 5.91 Å². The van der Waals surface area contributed by atoms with Crippen LogP contribution in [-0.2, 0) is 11.3 Å². The molecule has 10 heteroatoms. The van der Waals surface area contributed by atoms with E-state index in [0.717, 1.165) is 5.56 Å². The van der Waals surface area contributed by atoms with Gasteiger partial charge in [-0.15, -0.1) is 0 Å². The van der Waals surface area contributed by atoms with Crippen molar-refractivity contribution < 1.29 is 32.6 Å². The minimum absolute atomic E-state index is 0.0638. The molecule has 0 bridgehead atoms. The molecule has 0 saturated heterocycles. The van der Waals surface area contributed by atoms with Crippen LogP contribution in [0.2, 0.25) is 0 Å². The molecule has 1 aliphatic rings. The van der Waals surface area contributed by atoms with E-state index in [1.165, 1.54) is 12.1 Å². The Morgan fingerprint density at radius 2 is 1.95 bits per heavy atom. The number of anilines is 1. The highest BCUT2D eigenvalue weighted by Gasteiger charge is 2.34. The van der Waals surface area contributed by atoms with Crippen LogP contribution in [0.15, 0.2) is 48.5 Å². The van der Waals surface area contributed by atoms with Crippen LogP contribution in [0.25, 0.3) is 0 Å². The summed E-state index contributed by atoms with van der Waals surface area (Å²) in [6, 6.07) is 14.0. The van der Waals surface area contributed by atoms with Crippen molar-refractivity contribution in [2.75, 3.05) is 32.1 Å². The maximum absolute atomic E-state index is 13.5. The minimum Gasteiger partial charge on any atom is -0.488 e. The van der Waals surface area contributed by atoms with Crippen LogP contribution in [0.4, 0.5) is 18.9 Å². The maximum Gasteiger partial charge on any atom is 0.389 e. The quantitative estimate of drug-likeness (QED) is 0.514. The number of aliphatic hydroxyl groups is 1. The van der Waals surface area contributed by atoms with Gasteiger partial charge in [0, 0.05) is 37.7 Å². The van der Waals surface area contributed by atoms with Gasteiger partial charge in [0.05, 0.1) is 24.6 Å². The SMILES string of the molecule is C[C@@H]1CN([C@@H](C)CO)C(=O)c2cc(NC(=O)CCC(F)(F)F)ccc2O[C@H]1CN(C)Cc1ccccc1. The first kappa shape index (κ1) is 28.5. The molecule has 0 spiro atoms. The van der Waals surface area contributed by atoms with Gasteiger partial charge in [-0.2, -0.15) is 13.2 Å². The van der Waals surface area contributed by atoms with Gasteiger partial charge in [-0.1, -0.05) is 37.3 Å². The van der Waals surface area contributed by atoms with Crippen molar-refractivity contribution in [1.82, 2.24) is 9.80 Å². The summed E-state index contributed by atoms with van der Waals surface area (Å²) in [7, 11) is 1.99. The normalized spacial score (nSPS) is 19.0. The Balaban J connectivity index is 1.84. The first-order valence-corrected chi connectivity index (χ1v) is 12.3. The summed E-state index contributed by atoms with van der Waals surface area (Å²) in [5.41, 5.74) is 1.53. The summed E-state index contributed by atoms with van der Waals surface area (Å²) in [5.74, 6) is -0.929. The van der Waals surface area contributed by atoms with Crippen LogP contribution < -0.4 is 10.1 Å². The predicted molar refractivity (Wildman–Crippen MR) is 134 cm³/mol. The third kappa shape index (κ3) is 8.19. The van der Waals surface area contributed by atoms with E-state index in [1.54, 1.807) is 17.9 Å². The van der Waals surface area contributed by atoms with Crippen molar-refractivity contribution in [2.45, 2.75) is 51.6 Å². The highest BCUT2D eigenvalue weighted by atomic mass is 19.4. The number of hydrogen-bond acceptors (Lipinski definition) is 5. The number of carbonyl (C=O) groups excluding carboxylic acids is 2. The Morgan fingerprint density at radius 3 is 2.59 bits per heavy atom. The smallest absolute Gasteiger partial charge is 0.389 e. The Labute approximate surface area is 215 Å². The molecular formula is C27H34F3N3O4. The fourth-order valence-corrected chi connectivity index (χ4v) is 4.26. The number of ether oxygens (including phenoxy) is 1. The second kappa shape index (κ2) is 12.4. The molecule has 2 amide bonds. The number of rotatable bonds is 9. The summed E-state index contributed by atoms with van der Waals surface area (Å²) >= 11 is 0. The first-order chi connectivity index (χ1) is 17.5. The lowest BCUT2D eigenvalue weighted by molar-refractivity contribution is -0.142. The maximum atomic E-state index is 13.5. The first-order valence-electron chi connectivity index (χ1n) is 12.3. The van der Waals surface area contributed by atoms with Crippen LogP contribution in [0.5, 0.6) is 5.75 Å². The van der Waals surface area contributed by atoms with E-state index >= 15 is 0 Å². The number of carbonyl (C=O) groups is 2. The Morgan fingerprint density at radius 1 is 1.24 bits per heavy atom. The second-order valence-corrected chi connectivity index (χ2v) is 9.68. The van der Waals surface area contributed by atoms with Gasteiger partial charge in [0.15, 0.2) is 0 Å². The Hall–Kier alpha value is -3.11. The average Bonchev–Trinajstić information content (AvgIpc) is 2.85. The zero-order valence-electron chi connectivity index (χ0n) is 21.3. The number of amides is 2. The van der Waals surface area contributed by atoms with Gasteiger partial charge in [-0.25, -0.2) is 0 Å². The number of halogens is 3. The molecule has 0 aromatic heterocycles. The average molecular weight is 522 g/mol. The summed E-state index contributed by atoms with van der Waals surface area (Å²) in [5, 5.41) is 12.2. The van der Waals surface area contributed by atoms with Gasteiger partial charge < -0.3 is 20.1 Å². The van der Waals surface area contributed by atoms with Gasteiger partial charge in [0.2, 0.25) is 5.91 Å². The predicted octanol–water partition coefficient (Wildman–Crippen LogP) is 4.32. The fraction of sp³-hybridized carbons (Fsp3) is 0.481. The molecule has 0 unspecified atom stereocenters. The van der Waals surface area contributed by atoms with Crippen molar-refractivity contribution in [2.24, 2.45) is 5.92 Å². The van der Waals surface area contributed by atoms with Crippen molar-refractivity contribution in [3.05, 3.63) is 59.7 Å². The molecule has 2 N–H and O–H groups in total. The Bertz CT molecular complexity index is 1060. The molecule has 202 valence electrons. The topological polar surface area (TPSA) is 82.1 Å². The summed E-state index contributed by atoms with van der Waals surface area (Å²) in [6.45, 7) is 5.12. The van der Waals surface area contributed by atoms with Gasteiger partial charge >= 0.3 is 6.18 Å². The number of fused-ring (bicyclic) bond motifs is 1. The Kier molecular flexibility index (Phi) is 9.56. The highest BCUT2D eigenvalue weighted by molar-refractivity contribution is 5.99. The molecule has 2 aromatic carbocycles. The largest absolute Gasteiger partial charge is 0.488 e. The summed E-state index contributed by atoms with van der Waals surface area (Å²) in [4.78, 5) is 29.2. The molecule has 1 aliphatic heterocycles. The van der Waals surface area contributed by atoms with Crippen LogP contribution in [0.1, 0.15) is 42.6 Å². The van der Waals surface area contributed by atoms with E-state index in [-0.39, 0.29) is 35.8 Å². The molecule has 2 aromatic rings. The fourth-order valence-electron chi connectivity index (χ4n) is 4.26. The molecule has 0 saturated carbocycles. The zero-order chi connectivity index (χ0) is 27.2. The zero-order valence-corrected chi connectivity index (χ0v) is 21.3. The summed E-state index contributed by atoms with van der Waals surface area (Å²) < 4.78 is 43.8. The lowest BCUT2D eigenvalue weighted by Gasteiger charge is -2.38. The monoisotopic (exact) mass is 521 g/mol. The van der Waals surface area contributed by atoms with Crippen LogP contribution in [0, 0.1) is 5.92 Å². The molecule has 3 atom stereocenters. The third-order valence-corrected chi connectivity index (χ3v) is 6.37. The number of likely N-dealkylation sites (N-methyl/N-ethyl adjacent to an activating group) is 1. The second-order valence-electron chi connectivity index (χ2n) is 9.68. The molecule has 0 aliphatic carbocycles. The van der Waals surface area contributed by atoms with E-state index in [9.17, 15) is 27.9 Å². The molecule has 7 nitrogen and oxygen atoms in total. The molecule has 37 heavy (non-hydrogen) atoms. The third-order valence-electron chi connectivity index (χ3n) is 6.37. The standard InChI is InChI=1S/C27H34F3N3O4/c1-18-14-33(19(2)17-34)26(36)22-13-21(31-25(35)11-12-27(28,29)30)9-10-23(22)37-24(18)16-32(3)15-20-7-5-4-6-8-20/h4-10,13,18-19,24,34H,11-12,14-17H2,1-3H3,(H,31,35)/t18-,19+,24+/m1/s1. The number of aliphatic hydroxyl groups excluding tert-OH is 1. The lowest BCUT2D eigenvalue weighted by Crippen LogP contribution is -2.49. The van der Waals surface area contributed by atoms with E-state index in [1.807, 2.05) is 44.3 Å². The highest BCUT2D eigenvalue weighted by Crippen LogP contribution is 2.31. The number of hydrogen-bond donors (Lipinski definition) is 2. The molecule has 1 heterocycles. The van der Waals surface area contributed by atoms with E-state index < -0.39 is 31.0 Å². The van der Waals surface area contributed by atoms with Crippen LogP contribution >= 0.6 is 0 Å². The molecule has 0 radical (unpaired) electrons. The lowest BCUT2D eigenvalue weighted by atomic mass is 9.99. The van der Waals surface area contributed by atoms with Crippen molar-refractivity contribution in [1.29, 1.82) is 0 Å². The van der Waals surface area contributed by atoms with Crippen molar-refractivity contribution >= 4 is 17.5 Å². The van der Waals surface area contributed by atoms with Crippen molar-refractivity contribution in [3.8, 4) is 5.75 Å². The number of nitrogens with zero attached hydrogens (tertiary/aromatic N) is 2. The molecule has 0 fully saturated rings. The van der Waals surface area contributed by atoms with Crippen LogP contribution in [-0.4, -0.2) is 71.8 Å². The molecule has 3 rings (SSSR count). The van der Waals surface area contributed by atoms with E-state index in [2.05, 4.69) is 10.2 Å². The van der Waals surface area contributed by atoms with Gasteiger partial charge in [-0.3, -0.25) is 14.5 Å². The number of alkyl halides is 3.